The second-order valence-corrected chi connectivity index (χ2v) is 8.26. The Balaban J connectivity index is 1.67. The molecule has 1 saturated heterocycles. The summed E-state index contributed by atoms with van der Waals surface area (Å²) in [5, 5.41) is 0.763. The monoisotopic (exact) mass is 418 g/mol. The first-order chi connectivity index (χ1) is 14.0. The number of hydrogen-bond donors (Lipinski definition) is 1. The fraction of sp³-hybridized carbons (Fsp3) is 0.571. The fourth-order valence-electron chi connectivity index (χ4n) is 3.31. The van der Waals surface area contributed by atoms with E-state index < -0.39 is 0 Å². The van der Waals surface area contributed by atoms with Crippen LogP contribution in [0.1, 0.15) is 42.8 Å². The molecule has 0 aliphatic carbocycles. The summed E-state index contributed by atoms with van der Waals surface area (Å²) in [4.78, 5) is 27.3. The quantitative estimate of drug-likeness (QED) is 0.520. The molecular weight excluding hydrogens is 386 g/mol. The molecule has 158 valence electrons. The van der Waals surface area contributed by atoms with E-state index in [2.05, 4.69) is 29.8 Å². The number of aryl methyl sites for hydroxylation is 1. The van der Waals surface area contributed by atoms with Gasteiger partial charge in [0.1, 0.15) is 11.6 Å². The molecule has 0 aromatic carbocycles. The average Bonchev–Trinajstić information content (AvgIpc) is 3.25. The molecule has 0 spiro atoms. The lowest BCUT2D eigenvalue weighted by Crippen LogP contribution is -3.14. The van der Waals surface area contributed by atoms with Gasteiger partial charge in [0.05, 0.1) is 38.5 Å². The number of hydrogen-bond acceptors (Lipinski definition) is 6. The predicted molar refractivity (Wildman–Crippen MR) is 116 cm³/mol. The van der Waals surface area contributed by atoms with Crippen LogP contribution in [0.2, 0.25) is 0 Å². The number of amides is 1. The molecule has 0 unspecified atom stereocenters. The summed E-state index contributed by atoms with van der Waals surface area (Å²) >= 11 is 1.55. The molecule has 7 nitrogen and oxygen atoms in total. The van der Waals surface area contributed by atoms with E-state index in [0.29, 0.717) is 18.1 Å². The Morgan fingerprint density at radius 3 is 2.66 bits per heavy atom. The van der Waals surface area contributed by atoms with Crippen LogP contribution in [0.15, 0.2) is 27.8 Å². The standard InChI is InChI=1S/C21H31N5O2S/c1-5-16-14-19(26-12-10-25(7-3)11-13-26)23-21(22-16)29-15-17-8-9-18(28-17)20(27)24(4)6-2/h8-9,14H,5-7,10-13,15H2,1-4H3/p+1. The number of nitrogens with zero attached hydrogens (tertiary/aromatic N) is 4. The highest BCUT2D eigenvalue weighted by molar-refractivity contribution is 7.98. The number of carbonyl (C=O) groups excluding carboxylic acids is 1. The van der Waals surface area contributed by atoms with Crippen LogP contribution in [0.4, 0.5) is 5.82 Å². The Morgan fingerprint density at radius 1 is 1.24 bits per heavy atom. The van der Waals surface area contributed by atoms with Crippen molar-refractivity contribution >= 4 is 23.5 Å². The zero-order valence-corrected chi connectivity index (χ0v) is 18.7. The van der Waals surface area contributed by atoms with Crippen molar-refractivity contribution in [1.82, 2.24) is 14.9 Å². The predicted octanol–water partition coefficient (Wildman–Crippen LogP) is 1.74. The number of nitrogens with one attached hydrogen (secondary N) is 1. The zero-order chi connectivity index (χ0) is 20.8. The second kappa shape index (κ2) is 10.1. The zero-order valence-electron chi connectivity index (χ0n) is 17.9. The molecule has 1 fully saturated rings. The average molecular weight is 419 g/mol. The first-order valence-electron chi connectivity index (χ1n) is 10.5. The summed E-state index contributed by atoms with van der Waals surface area (Å²) in [5.41, 5.74) is 1.06. The van der Waals surface area contributed by atoms with Crippen LogP contribution in [0, 0.1) is 0 Å². The Bertz CT molecular complexity index is 817. The van der Waals surface area contributed by atoms with Gasteiger partial charge in [0.2, 0.25) is 0 Å². The molecule has 0 bridgehead atoms. The summed E-state index contributed by atoms with van der Waals surface area (Å²) in [6.07, 6.45) is 0.881. The topological polar surface area (TPSA) is 66.9 Å². The van der Waals surface area contributed by atoms with Gasteiger partial charge in [-0.15, -0.1) is 0 Å². The molecule has 1 aliphatic rings. The van der Waals surface area contributed by atoms with E-state index in [1.54, 1.807) is 34.7 Å². The van der Waals surface area contributed by atoms with Crippen LogP contribution in [0.25, 0.3) is 0 Å². The minimum Gasteiger partial charge on any atom is -0.455 e. The van der Waals surface area contributed by atoms with Gasteiger partial charge in [0.15, 0.2) is 10.9 Å². The number of anilines is 1. The lowest BCUT2D eigenvalue weighted by molar-refractivity contribution is -0.898. The summed E-state index contributed by atoms with van der Waals surface area (Å²) in [5.74, 6) is 2.67. The van der Waals surface area contributed by atoms with Crippen molar-refractivity contribution in [3.05, 3.63) is 35.4 Å². The van der Waals surface area contributed by atoms with E-state index in [0.717, 1.165) is 55.0 Å². The van der Waals surface area contributed by atoms with Crippen LogP contribution in [0.5, 0.6) is 0 Å². The van der Waals surface area contributed by atoms with Gasteiger partial charge in [-0.3, -0.25) is 4.79 Å². The van der Waals surface area contributed by atoms with Crippen molar-refractivity contribution in [3.63, 3.8) is 0 Å². The Kier molecular flexibility index (Phi) is 7.55. The van der Waals surface area contributed by atoms with Gasteiger partial charge in [-0.25, -0.2) is 9.97 Å². The van der Waals surface area contributed by atoms with Crippen molar-refractivity contribution in [2.75, 3.05) is 51.2 Å². The van der Waals surface area contributed by atoms with Gasteiger partial charge >= 0.3 is 0 Å². The first kappa shape index (κ1) is 21.6. The molecule has 2 aromatic heterocycles. The molecule has 29 heavy (non-hydrogen) atoms. The molecule has 1 amide bonds. The van der Waals surface area contributed by atoms with E-state index in [-0.39, 0.29) is 5.91 Å². The smallest absolute Gasteiger partial charge is 0.289 e. The maximum Gasteiger partial charge on any atom is 0.289 e. The lowest BCUT2D eigenvalue weighted by Gasteiger charge is -2.32. The van der Waals surface area contributed by atoms with Gasteiger partial charge in [0, 0.05) is 25.4 Å². The van der Waals surface area contributed by atoms with Gasteiger partial charge in [-0.1, -0.05) is 18.7 Å². The molecule has 3 heterocycles. The summed E-state index contributed by atoms with van der Waals surface area (Å²) < 4.78 is 5.74. The minimum atomic E-state index is -0.0939. The lowest BCUT2D eigenvalue weighted by atomic mass is 10.2. The van der Waals surface area contributed by atoms with Gasteiger partial charge < -0.3 is 19.1 Å². The van der Waals surface area contributed by atoms with Crippen molar-refractivity contribution in [2.45, 2.75) is 38.1 Å². The molecule has 1 aliphatic heterocycles. The third-order valence-corrected chi connectivity index (χ3v) is 6.31. The van der Waals surface area contributed by atoms with Crippen molar-refractivity contribution in [2.24, 2.45) is 0 Å². The molecule has 1 N–H and O–H groups in total. The summed E-state index contributed by atoms with van der Waals surface area (Å²) in [6.45, 7) is 12.5. The Morgan fingerprint density at radius 2 is 2.00 bits per heavy atom. The first-order valence-corrected chi connectivity index (χ1v) is 11.5. The maximum absolute atomic E-state index is 12.2. The van der Waals surface area contributed by atoms with Crippen molar-refractivity contribution in [1.29, 1.82) is 0 Å². The van der Waals surface area contributed by atoms with E-state index in [9.17, 15) is 4.79 Å². The van der Waals surface area contributed by atoms with Gasteiger partial charge in [-0.05, 0) is 32.4 Å². The third kappa shape index (κ3) is 5.51. The number of thioether (sulfide) groups is 1. The third-order valence-electron chi connectivity index (χ3n) is 5.44. The number of aromatic nitrogens is 2. The van der Waals surface area contributed by atoms with E-state index in [1.165, 1.54) is 6.54 Å². The number of furan rings is 1. The van der Waals surface area contributed by atoms with Crippen molar-refractivity contribution in [3.8, 4) is 0 Å². The second-order valence-electron chi connectivity index (χ2n) is 7.32. The number of rotatable bonds is 8. The Hall–Kier alpha value is -2.06. The maximum atomic E-state index is 12.2. The molecule has 3 rings (SSSR count). The largest absolute Gasteiger partial charge is 0.455 e. The van der Waals surface area contributed by atoms with Crippen LogP contribution in [-0.4, -0.2) is 67.1 Å². The highest BCUT2D eigenvalue weighted by Crippen LogP contribution is 2.24. The van der Waals surface area contributed by atoms with E-state index in [1.807, 2.05) is 13.0 Å². The number of piperazine rings is 1. The van der Waals surface area contributed by atoms with Crippen LogP contribution in [-0.2, 0) is 12.2 Å². The molecule has 2 aromatic rings. The Labute approximate surface area is 177 Å². The SMILES string of the molecule is CCc1cc(N2CC[NH+](CC)CC2)nc(SCc2ccc(C(=O)N(C)CC)o2)n1. The molecular formula is C21H32N5O2S+. The fourth-order valence-corrected chi connectivity index (χ4v) is 4.08. The van der Waals surface area contributed by atoms with Crippen LogP contribution in [0.3, 0.4) is 0 Å². The highest BCUT2D eigenvalue weighted by atomic mass is 32.2. The normalized spacial score (nSPS) is 15.0. The minimum absolute atomic E-state index is 0.0939. The van der Waals surface area contributed by atoms with E-state index in [4.69, 9.17) is 9.40 Å². The summed E-state index contributed by atoms with van der Waals surface area (Å²) in [6, 6.07) is 5.72. The van der Waals surface area contributed by atoms with Crippen LogP contribution >= 0.6 is 11.8 Å². The van der Waals surface area contributed by atoms with Gasteiger partial charge in [-0.2, -0.15) is 0 Å². The highest BCUT2D eigenvalue weighted by Gasteiger charge is 2.21. The van der Waals surface area contributed by atoms with E-state index >= 15 is 0 Å². The number of quaternary nitrogens is 1. The molecule has 8 heteroatoms. The van der Waals surface area contributed by atoms with Crippen LogP contribution < -0.4 is 9.80 Å². The van der Waals surface area contributed by atoms with Gasteiger partial charge in [0.25, 0.3) is 5.91 Å². The molecule has 0 atom stereocenters. The molecule has 0 radical (unpaired) electrons. The number of carbonyl (C=O) groups is 1. The van der Waals surface area contributed by atoms with Crippen molar-refractivity contribution < 1.29 is 14.1 Å². The summed E-state index contributed by atoms with van der Waals surface area (Å²) in [7, 11) is 1.77. The molecule has 0 saturated carbocycles. The number of likely N-dealkylation sites (N-methyl/N-ethyl adjacent to an activating group) is 1.